The van der Waals surface area contributed by atoms with Gasteiger partial charge in [-0.3, -0.25) is 0 Å². The minimum Gasteiger partial charge on any atom is -0.307 e. The molecule has 1 aliphatic rings. The van der Waals surface area contributed by atoms with Crippen LogP contribution in [-0.2, 0) is 0 Å². The molecule has 1 fully saturated rings. The van der Waals surface area contributed by atoms with Gasteiger partial charge in [0, 0.05) is 23.1 Å². The third-order valence-electron chi connectivity index (χ3n) is 3.65. The number of benzene rings is 2. The highest BCUT2D eigenvalue weighted by Crippen LogP contribution is 2.31. The monoisotopic (exact) mass is 306 g/mol. The third kappa shape index (κ3) is 2.99. The van der Waals surface area contributed by atoms with Gasteiger partial charge in [-0.15, -0.1) is 0 Å². The molecule has 0 radical (unpaired) electrons. The predicted molar refractivity (Wildman–Crippen MR) is 84.4 cm³/mol. The van der Waals surface area contributed by atoms with Crippen molar-refractivity contribution in [2.75, 3.05) is 13.1 Å². The fourth-order valence-corrected chi connectivity index (χ4v) is 2.90. The number of piperazine rings is 1. The SMILES string of the molecule is Clc1ccc([C@@H]2NCCN[C@H]2c2ccc(Cl)cc2)cc1. The first-order valence-electron chi connectivity index (χ1n) is 6.72. The lowest BCUT2D eigenvalue weighted by atomic mass is 9.92. The maximum Gasteiger partial charge on any atom is 0.0518 e. The van der Waals surface area contributed by atoms with Crippen molar-refractivity contribution in [3.8, 4) is 0 Å². The van der Waals surface area contributed by atoms with Gasteiger partial charge >= 0.3 is 0 Å². The van der Waals surface area contributed by atoms with Crippen molar-refractivity contribution in [3.05, 3.63) is 69.7 Å². The first kappa shape index (κ1) is 13.9. The lowest BCUT2D eigenvalue weighted by Crippen LogP contribution is -2.45. The largest absolute Gasteiger partial charge is 0.307 e. The average Bonchev–Trinajstić information content (AvgIpc) is 2.49. The Bertz CT molecular complexity index is 513. The second-order valence-electron chi connectivity index (χ2n) is 4.97. The number of nitrogens with one attached hydrogen (secondary N) is 2. The van der Waals surface area contributed by atoms with E-state index in [1.165, 1.54) is 11.1 Å². The van der Waals surface area contributed by atoms with Crippen molar-refractivity contribution < 1.29 is 0 Å². The topological polar surface area (TPSA) is 24.1 Å². The van der Waals surface area contributed by atoms with Crippen molar-refractivity contribution in [1.29, 1.82) is 0 Å². The van der Waals surface area contributed by atoms with Crippen LogP contribution >= 0.6 is 23.2 Å². The molecule has 0 unspecified atom stereocenters. The van der Waals surface area contributed by atoms with Gasteiger partial charge in [-0.05, 0) is 35.4 Å². The van der Waals surface area contributed by atoms with Crippen LogP contribution in [0.25, 0.3) is 0 Å². The first-order chi connectivity index (χ1) is 9.74. The zero-order chi connectivity index (χ0) is 13.9. The zero-order valence-corrected chi connectivity index (χ0v) is 12.5. The van der Waals surface area contributed by atoms with Crippen LogP contribution in [0.4, 0.5) is 0 Å². The van der Waals surface area contributed by atoms with Gasteiger partial charge in [-0.25, -0.2) is 0 Å². The van der Waals surface area contributed by atoms with Gasteiger partial charge in [0.25, 0.3) is 0 Å². The molecule has 0 aliphatic carbocycles. The third-order valence-corrected chi connectivity index (χ3v) is 4.15. The molecule has 20 heavy (non-hydrogen) atoms. The summed E-state index contributed by atoms with van der Waals surface area (Å²) in [6.45, 7) is 1.91. The summed E-state index contributed by atoms with van der Waals surface area (Å²) in [7, 11) is 0. The van der Waals surface area contributed by atoms with Crippen LogP contribution in [0.5, 0.6) is 0 Å². The molecule has 1 saturated heterocycles. The molecule has 2 aromatic rings. The summed E-state index contributed by atoms with van der Waals surface area (Å²) in [5.41, 5.74) is 2.48. The Morgan fingerprint density at radius 3 is 1.35 bits per heavy atom. The lowest BCUT2D eigenvalue weighted by molar-refractivity contribution is 0.333. The summed E-state index contributed by atoms with van der Waals surface area (Å²) in [6.07, 6.45) is 0. The van der Waals surface area contributed by atoms with Crippen LogP contribution in [0.15, 0.2) is 48.5 Å². The lowest BCUT2D eigenvalue weighted by Gasteiger charge is -2.34. The Morgan fingerprint density at radius 2 is 1.00 bits per heavy atom. The van der Waals surface area contributed by atoms with E-state index in [1.807, 2.05) is 24.3 Å². The summed E-state index contributed by atoms with van der Waals surface area (Å²) in [5, 5.41) is 8.69. The van der Waals surface area contributed by atoms with Crippen molar-refractivity contribution in [1.82, 2.24) is 10.6 Å². The number of hydrogen-bond donors (Lipinski definition) is 2. The van der Waals surface area contributed by atoms with E-state index in [0.29, 0.717) is 0 Å². The van der Waals surface area contributed by atoms with Crippen molar-refractivity contribution in [2.24, 2.45) is 0 Å². The summed E-state index contributed by atoms with van der Waals surface area (Å²) < 4.78 is 0. The van der Waals surface area contributed by atoms with E-state index in [4.69, 9.17) is 23.2 Å². The number of rotatable bonds is 2. The highest BCUT2D eigenvalue weighted by Gasteiger charge is 2.26. The summed E-state index contributed by atoms with van der Waals surface area (Å²) in [6, 6.07) is 16.5. The molecule has 104 valence electrons. The van der Waals surface area contributed by atoms with E-state index < -0.39 is 0 Å². The van der Waals surface area contributed by atoms with Crippen LogP contribution in [0.2, 0.25) is 10.0 Å². The molecule has 4 heteroatoms. The first-order valence-corrected chi connectivity index (χ1v) is 7.47. The van der Waals surface area contributed by atoms with Gasteiger partial charge in [0.15, 0.2) is 0 Å². The standard InChI is InChI=1S/C16H16Cl2N2/c17-13-5-1-11(2-6-13)15-16(20-10-9-19-15)12-3-7-14(18)8-4-12/h1-8,15-16,19-20H,9-10H2/t15-,16-/m0/s1. The van der Waals surface area contributed by atoms with E-state index in [9.17, 15) is 0 Å². The van der Waals surface area contributed by atoms with Crippen LogP contribution < -0.4 is 10.6 Å². The Kier molecular flexibility index (Phi) is 4.27. The fourth-order valence-electron chi connectivity index (χ4n) is 2.65. The summed E-state index contributed by atoms with van der Waals surface area (Å²) in [5.74, 6) is 0. The molecule has 3 rings (SSSR count). The highest BCUT2D eigenvalue weighted by atomic mass is 35.5. The molecule has 0 amide bonds. The minimum absolute atomic E-state index is 0.238. The molecule has 1 aliphatic heterocycles. The average molecular weight is 307 g/mol. The van der Waals surface area contributed by atoms with Gasteiger partial charge in [0.05, 0.1) is 12.1 Å². The molecular weight excluding hydrogens is 291 g/mol. The summed E-state index contributed by atoms with van der Waals surface area (Å²) in [4.78, 5) is 0. The second-order valence-corrected chi connectivity index (χ2v) is 5.84. The van der Waals surface area contributed by atoms with E-state index >= 15 is 0 Å². The maximum atomic E-state index is 5.97. The molecule has 0 spiro atoms. The number of hydrogen-bond acceptors (Lipinski definition) is 2. The van der Waals surface area contributed by atoms with Crippen LogP contribution in [0.1, 0.15) is 23.2 Å². The van der Waals surface area contributed by atoms with Crippen molar-refractivity contribution in [2.45, 2.75) is 12.1 Å². The maximum absolute atomic E-state index is 5.97. The van der Waals surface area contributed by atoms with Crippen LogP contribution in [-0.4, -0.2) is 13.1 Å². The zero-order valence-electron chi connectivity index (χ0n) is 10.9. The van der Waals surface area contributed by atoms with Gasteiger partial charge < -0.3 is 10.6 Å². The molecule has 1 heterocycles. The second kappa shape index (κ2) is 6.15. The molecule has 2 nitrogen and oxygen atoms in total. The van der Waals surface area contributed by atoms with Crippen LogP contribution in [0, 0.1) is 0 Å². The van der Waals surface area contributed by atoms with Gasteiger partial charge in [0.2, 0.25) is 0 Å². The Morgan fingerprint density at radius 1 is 0.650 bits per heavy atom. The number of halogens is 2. The van der Waals surface area contributed by atoms with E-state index in [1.54, 1.807) is 0 Å². The normalized spacial score (nSPS) is 22.7. The summed E-state index contributed by atoms with van der Waals surface area (Å²) >= 11 is 11.9. The molecule has 2 aromatic carbocycles. The van der Waals surface area contributed by atoms with Gasteiger partial charge in [-0.2, -0.15) is 0 Å². The molecule has 2 N–H and O–H groups in total. The Balaban J connectivity index is 1.90. The minimum atomic E-state index is 0.238. The van der Waals surface area contributed by atoms with Crippen molar-refractivity contribution >= 4 is 23.2 Å². The van der Waals surface area contributed by atoms with Crippen molar-refractivity contribution in [3.63, 3.8) is 0 Å². The molecule has 0 bridgehead atoms. The highest BCUT2D eigenvalue weighted by molar-refractivity contribution is 6.30. The Hall–Kier alpha value is -1.06. The molecular formula is C16H16Cl2N2. The quantitative estimate of drug-likeness (QED) is 0.877. The molecule has 2 atom stereocenters. The van der Waals surface area contributed by atoms with Gasteiger partial charge in [0.1, 0.15) is 0 Å². The predicted octanol–water partition coefficient (Wildman–Crippen LogP) is 3.97. The van der Waals surface area contributed by atoms with Crippen LogP contribution in [0.3, 0.4) is 0 Å². The smallest absolute Gasteiger partial charge is 0.0518 e. The van der Waals surface area contributed by atoms with E-state index in [0.717, 1.165) is 23.1 Å². The van der Waals surface area contributed by atoms with Gasteiger partial charge in [-0.1, -0.05) is 47.5 Å². The fraction of sp³-hybridized carbons (Fsp3) is 0.250. The molecule has 0 saturated carbocycles. The Labute approximate surface area is 129 Å². The molecule has 0 aromatic heterocycles. The van der Waals surface area contributed by atoms with E-state index in [-0.39, 0.29) is 12.1 Å². The van der Waals surface area contributed by atoms with E-state index in [2.05, 4.69) is 34.9 Å².